The van der Waals surface area contributed by atoms with Crippen molar-refractivity contribution in [3.63, 3.8) is 0 Å². The van der Waals surface area contributed by atoms with Gasteiger partial charge in [-0.25, -0.2) is 0 Å². The molecule has 1 aliphatic carbocycles. The van der Waals surface area contributed by atoms with Crippen LogP contribution < -0.4 is 20.1 Å². The largest absolute Gasteiger partial charge is 0.496 e. The van der Waals surface area contributed by atoms with Crippen LogP contribution in [0.5, 0.6) is 11.5 Å². The number of nitrogens with one attached hydrogen (secondary N) is 2. The summed E-state index contributed by atoms with van der Waals surface area (Å²) in [7, 11) is 1.53. The van der Waals surface area contributed by atoms with Gasteiger partial charge in [0, 0.05) is 5.69 Å². The van der Waals surface area contributed by atoms with Gasteiger partial charge in [0.1, 0.15) is 11.5 Å². The van der Waals surface area contributed by atoms with Gasteiger partial charge in [-0.3, -0.25) is 9.59 Å². The first-order chi connectivity index (χ1) is 15.6. The number of hydrogen-bond donors (Lipinski definition) is 2. The summed E-state index contributed by atoms with van der Waals surface area (Å²) in [6.45, 7) is -0.0639. The van der Waals surface area contributed by atoms with Crippen molar-refractivity contribution in [3.05, 3.63) is 89.5 Å². The lowest BCUT2D eigenvalue weighted by Crippen LogP contribution is -2.34. The van der Waals surface area contributed by atoms with Crippen molar-refractivity contribution in [2.75, 3.05) is 19.0 Å². The summed E-state index contributed by atoms with van der Waals surface area (Å²) in [5, 5.41) is 5.91. The molecule has 0 aromatic heterocycles. The van der Waals surface area contributed by atoms with Gasteiger partial charge in [-0.05, 0) is 66.8 Å². The Morgan fingerprint density at radius 1 is 0.969 bits per heavy atom. The van der Waals surface area contributed by atoms with Crippen molar-refractivity contribution in [1.29, 1.82) is 0 Å². The maximum absolute atomic E-state index is 12.5. The number of para-hydroxylation sites is 1. The van der Waals surface area contributed by atoms with Gasteiger partial charge in [0.05, 0.1) is 18.7 Å². The number of aryl methyl sites for hydroxylation is 1. The Bertz CT molecular complexity index is 1090. The average molecular weight is 431 g/mol. The molecule has 2 amide bonds. The molecular formula is C26H26N2O4. The van der Waals surface area contributed by atoms with Crippen molar-refractivity contribution in [2.24, 2.45) is 0 Å². The van der Waals surface area contributed by atoms with Gasteiger partial charge in [-0.15, -0.1) is 0 Å². The van der Waals surface area contributed by atoms with Crippen molar-refractivity contribution in [2.45, 2.75) is 25.3 Å². The zero-order chi connectivity index (χ0) is 22.3. The fourth-order valence-electron chi connectivity index (χ4n) is 3.95. The van der Waals surface area contributed by atoms with E-state index >= 15 is 0 Å². The minimum atomic E-state index is -0.261. The third kappa shape index (κ3) is 5.09. The lowest BCUT2D eigenvalue weighted by molar-refractivity contribution is -0.123. The summed E-state index contributed by atoms with van der Waals surface area (Å²) in [6, 6.07) is 22.2. The van der Waals surface area contributed by atoms with Gasteiger partial charge < -0.3 is 20.1 Å². The van der Waals surface area contributed by atoms with E-state index in [4.69, 9.17) is 9.47 Å². The van der Waals surface area contributed by atoms with Crippen LogP contribution in [-0.2, 0) is 11.2 Å². The third-order valence-corrected chi connectivity index (χ3v) is 5.54. The highest BCUT2D eigenvalue weighted by atomic mass is 16.5. The van der Waals surface area contributed by atoms with Gasteiger partial charge in [0.25, 0.3) is 11.8 Å². The number of ether oxygens (including phenoxy) is 2. The summed E-state index contributed by atoms with van der Waals surface area (Å²) in [4.78, 5) is 24.9. The smallest absolute Gasteiger partial charge is 0.259 e. The van der Waals surface area contributed by atoms with Crippen LogP contribution in [0.3, 0.4) is 0 Å². The molecule has 0 bridgehead atoms. The number of benzene rings is 3. The number of methoxy groups -OCH3 is 1. The van der Waals surface area contributed by atoms with E-state index < -0.39 is 0 Å². The second kappa shape index (κ2) is 10.0. The molecule has 0 unspecified atom stereocenters. The molecule has 0 saturated carbocycles. The summed E-state index contributed by atoms with van der Waals surface area (Å²) in [6.07, 6.45) is 3.05. The monoisotopic (exact) mass is 430 g/mol. The first-order valence-electron chi connectivity index (χ1n) is 10.7. The van der Waals surface area contributed by atoms with Crippen LogP contribution in [0.4, 0.5) is 5.69 Å². The van der Waals surface area contributed by atoms with Crippen LogP contribution in [0.1, 0.15) is 40.4 Å². The number of carbonyl (C=O) groups is 2. The van der Waals surface area contributed by atoms with E-state index in [9.17, 15) is 9.59 Å². The fourth-order valence-corrected chi connectivity index (χ4v) is 3.95. The Morgan fingerprint density at radius 2 is 1.72 bits per heavy atom. The normalized spacial score (nSPS) is 14.7. The van der Waals surface area contributed by atoms with E-state index in [1.54, 1.807) is 42.5 Å². The summed E-state index contributed by atoms with van der Waals surface area (Å²) >= 11 is 0. The van der Waals surface area contributed by atoms with E-state index in [2.05, 4.69) is 22.8 Å². The molecule has 0 saturated heterocycles. The van der Waals surface area contributed by atoms with Crippen LogP contribution in [0.25, 0.3) is 0 Å². The van der Waals surface area contributed by atoms with Gasteiger partial charge >= 0.3 is 0 Å². The van der Waals surface area contributed by atoms with Crippen LogP contribution in [0.2, 0.25) is 0 Å². The predicted octanol–water partition coefficient (Wildman–Crippen LogP) is 4.52. The topological polar surface area (TPSA) is 76.7 Å². The van der Waals surface area contributed by atoms with E-state index in [0.29, 0.717) is 22.7 Å². The minimum Gasteiger partial charge on any atom is -0.496 e. The summed E-state index contributed by atoms with van der Waals surface area (Å²) in [5.74, 6) is 0.652. The number of carbonyl (C=O) groups excluding carboxylic acids is 2. The molecule has 0 aliphatic heterocycles. The molecule has 3 aromatic carbocycles. The third-order valence-electron chi connectivity index (χ3n) is 5.54. The van der Waals surface area contributed by atoms with Gasteiger partial charge in [-0.1, -0.05) is 36.4 Å². The highest BCUT2D eigenvalue weighted by molar-refractivity contribution is 6.06. The van der Waals surface area contributed by atoms with E-state index in [1.807, 2.05) is 18.2 Å². The van der Waals surface area contributed by atoms with E-state index in [0.717, 1.165) is 19.3 Å². The molecule has 6 heteroatoms. The first kappa shape index (κ1) is 21.4. The highest BCUT2D eigenvalue weighted by Gasteiger charge is 2.21. The molecule has 6 nitrogen and oxygen atoms in total. The quantitative estimate of drug-likeness (QED) is 0.578. The highest BCUT2D eigenvalue weighted by Crippen LogP contribution is 2.29. The first-order valence-corrected chi connectivity index (χ1v) is 10.7. The molecule has 3 aromatic rings. The lowest BCUT2D eigenvalue weighted by atomic mass is 9.88. The average Bonchev–Trinajstić information content (AvgIpc) is 2.84. The molecule has 2 N–H and O–H groups in total. The Kier molecular flexibility index (Phi) is 6.70. The van der Waals surface area contributed by atoms with E-state index in [-0.39, 0.29) is 24.5 Å². The maximum Gasteiger partial charge on any atom is 0.259 e. The van der Waals surface area contributed by atoms with Crippen molar-refractivity contribution in [3.8, 4) is 11.5 Å². The fraction of sp³-hybridized carbons (Fsp3) is 0.231. The predicted molar refractivity (Wildman–Crippen MR) is 123 cm³/mol. The Labute approximate surface area is 187 Å². The van der Waals surface area contributed by atoms with Crippen LogP contribution in [0.15, 0.2) is 72.8 Å². The van der Waals surface area contributed by atoms with Crippen molar-refractivity contribution >= 4 is 17.5 Å². The van der Waals surface area contributed by atoms with Crippen LogP contribution >= 0.6 is 0 Å². The lowest BCUT2D eigenvalue weighted by Gasteiger charge is -2.26. The van der Waals surface area contributed by atoms with Gasteiger partial charge in [0.2, 0.25) is 0 Å². The number of amides is 2. The maximum atomic E-state index is 12.5. The number of hydrogen-bond acceptors (Lipinski definition) is 4. The summed E-state index contributed by atoms with van der Waals surface area (Å²) in [5.41, 5.74) is 3.57. The Balaban J connectivity index is 1.30. The molecule has 1 aliphatic rings. The van der Waals surface area contributed by atoms with Crippen molar-refractivity contribution < 1.29 is 19.1 Å². The number of fused-ring (bicyclic) bond motifs is 1. The van der Waals surface area contributed by atoms with Crippen molar-refractivity contribution in [1.82, 2.24) is 5.32 Å². The standard InChI is InChI=1S/C26H26N2O4/c1-31-24-12-5-4-10-22(24)26(30)27-19-13-15-20(16-14-19)32-17-25(29)28-23-11-6-8-18-7-2-3-9-21(18)23/h2-5,7,9-10,12-16,23H,6,8,11,17H2,1H3,(H,27,30)(H,28,29)/t23-/m1/s1. The number of anilines is 1. The Hall–Kier alpha value is -3.80. The molecule has 0 spiro atoms. The zero-order valence-electron chi connectivity index (χ0n) is 18.0. The number of rotatable bonds is 7. The molecule has 0 fully saturated rings. The molecule has 4 rings (SSSR count). The second-order valence-corrected chi connectivity index (χ2v) is 7.68. The molecule has 0 heterocycles. The second-order valence-electron chi connectivity index (χ2n) is 7.68. The zero-order valence-corrected chi connectivity index (χ0v) is 18.0. The van der Waals surface area contributed by atoms with Gasteiger partial charge in [0.15, 0.2) is 6.61 Å². The molecule has 1 atom stereocenters. The van der Waals surface area contributed by atoms with Crippen LogP contribution in [0, 0.1) is 0 Å². The SMILES string of the molecule is COc1ccccc1C(=O)Nc1ccc(OCC(=O)N[C@@H]2CCCc3ccccc32)cc1. The molecule has 0 radical (unpaired) electrons. The molecule has 164 valence electrons. The Morgan fingerprint density at radius 3 is 2.53 bits per heavy atom. The summed E-state index contributed by atoms with van der Waals surface area (Å²) < 4.78 is 10.9. The minimum absolute atomic E-state index is 0.0311. The van der Waals surface area contributed by atoms with Crippen LogP contribution in [-0.4, -0.2) is 25.5 Å². The molecular weight excluding hydrogens is 404 g/mol. The van der Waals surface area contributed by atoms with Gasteiger partial charge in [-0.2, -0.15) is 0 Å². The molecule has 32 heavy (non-hydrogen) atoms. The van der Waals surface area contributed by atoms with E-state index in [1.165, 1.54) is 18.2 Å².